The van der Waals surface area contributed by atoms with Gasteiger partial charge in [-0.25, -0.2) is 13.1 Å². The molecule has 2 rings (SSSR count). The number of nitrogens with one attached hydrogen (secondary N) is 1. The Labute approximate surface area is 152 Å². The molecule has 140 valence electrons. The molecule has 0 fully saturated rings. The van der Waals surface area contributed by atoms with Crippen LogP contribution in [-0.2, 0) is 19.6 Å². The van der Waals surface area contributed by atoms with Crippen LogP contribution in [0.3, 0.4) is 0 Å². The van der Waals surface area contributed by atoms with E-state index < -0.39 is 22.0 Å². The Hall–Kier alpha value is -2.58. The molecule has 0 heterocycles. The summed E-state index contributed by atoms with van der Waals surface area (Å²) in [6.07, 6.45) is -0.147. The van der Waals surface area contributed by atoms with Gasteiger partial charge in [0.15, 0.2) is 0 Å². The second kappa shape index (κ2) is 8.68. The first kappa shape index (κ1) is 19.7. The summed E-state index contributed by atoms with van der Waals surface area (Å²) in [4.78, 5) is 11.7. The molecule has 7 nitrogen and oxygen atoms in total. The van der Waals surface area contributed by atoms with E-state index in [2.05, 4.69) is 9.46 Å². The molecule has 0 aliphatic rings. The molecule has 0 radical (unpaired) electrons. The molecule has 1 N–H and O–H groups in total. The van der Waals surface area contributed by atoms with Crippen LogP contribution >= 0.6 is 0 Å². The third-order valence-corrected chi connectivity index (χ3v) is 5.25. The first-order valence-corrected chi connectivity index (χ1v) is 9.25. The summed E-state index contributed by atoms with van der Waals surface area (Å²) in [5, 5.41) is 0. The highest BCUT2D eigenvalue weighted by atomic mass is 32.2. The van der Waals surface area contributed by atoms with Crippen LogP contribution in [-0.4, -0.2) is 35.7 Å². The summed E-state index contributed by atoms with van der Waals surface area (Å²) in [5.41, 5.74) is 0.642. The van der Waals surface area contributed by atoms with Crippen molar-refractivity contribution in [3.05, 3.63) is 54.1 Å². The molecule has 0 aliphatic carbocycles. The molecule has 2 aromatic rings. The van der Waals surface area contributed by atoms with Crippen molar-refractivity contribution in [2.75, 3.05) is 21.3 Å². The normalized spacial score (nSPS) is 12.3. The van der Waals surface area contributed by atoms with E-state index in [1.54, 1.807) is 36.4 Å². The minimum Gasteiger partial charge on any atom is -0.497 e. The maximum Gasteiger partial charge on any atom is 0.307 e. The molecule has 26 heavy (non-hydrogen) atoms. The average molecular weight is 379 g/mol. The Morgan fingerprint density at radius 2 is 1.73 bits per heavy atom. The smallest absolute Gasteiger partial charge is 0.307 e. The monoisotopic (exact) mass is 379 g/mol. The SMILES string of the molecule is COC(=O)C[C@H](NS(=O)(=O)c1cc(OC)ccc1OC)c1ccccc1. The van der Waals surface area contributed by atoms with E-state index in [1.165, 1.54) is 33.5 Å². The quantitative estimate of drug-likeness (QED) is 0.708. The van der Waals surface area contributed by atoms with Crippen LogP contribution < -0.4 is 14.2 Å². The summed E-state index contributed by atoms with van der Waals surface area (Å²) in [6, 6.07) is 12.5. The molecule has 2 aromatic carbocycles. The van der Waals surface area contributed by atoms with Gasteiger partial charge in [-0.3, -0.25) is 4.79 Å². The van der Waals surface area contributed by atoms with E-state index >= 15 is 0 Å². The highest BCUT2D eigenvalue weighted by molar-refractivity contribution is 7.89. The summed E-state index contributed by atoms with van der Waals surface area (Å²) in [5.74, 6) is 0.0118. The Kier molecular flexibility index (Phi) is 6.59. The van der Waals surface area contributed by atoms with Crippen LogP contribution in [0.2, 0.25) is 0 Å². The molecular weight excluding hydrogens is 358 g/mol. The number of ether oxygens (including phenoxy) is 3. The van der Waals surface area contributed by atoms with Crippen molar-refractivity contribution in [1.82, 2.24) is 4.72 Å². The zero-order valence-corrected chi connectivity index (χ0v) is 15.6. The number of rotatable bonds is 8. The Morgan fingerprint density at radius 3 is 2.31 bits per heavy atom. The van der Waals surface area contributed by atoms with Gasteiger partial charge in [-0.1, -0.05) is 30.3 Å². The number of carbonyl (C=O) groups is 1. The van der Waals surface area contributed by atoms with Crippen molar-refractivity contribution in [1.29, 1.82) is 0 Å². The number of methoxy groups -OCH3 is 3. The average Bonchev–Trinajstić information content (AvgIpc) is 2.67. The van der Waals surface area contributed by atoms with Crippen LogP contribution in [0.25, 0.3) is 0 Å². The van der Waals surface area contributed by atoms with Gasteiger partial charge in [0.1, 0.15) is 16.4 Å². The van der Waals surface area contributed by atoms with Crippen molar-refractivity contribution < 1.29 is 27.4 Å². The maximum absolute atomic E-state index is 12.9. The van der Waals surface area contributed by atoms with Gasteiger partial charge in [0.25, 0.3) is 0 Å². The number of hydrogen-bond acceptors (Lipinski definition) is 6. The van der Waals surface area contributed by atoms with E-state index in [4.69, 9.17) is 9.47 Å². The minimum atomic E-state index is -4.00. The van der Waals surface area contributed by atoms with Crippen LogP contribution in [0, 0.1) is 0 Å². The van der Waals surface area contributed by atoms with E-state index in [0.717, 1.165) is 0 Å². The lowest BCUT2D eigenvalue weighted by Crippen LogP contribution is -2.31. The summed E-state index contributed by atoms with van der Waals surface area (Å²) in [6.45, 7) is 0. The zero-order chi connectivity index (χ0) is 19.2. The molecule has 8 heteroatoms. The van der Waals surface area contributed by atoms with Crippen LogP contribution in [0.15, 0.2) is 53.4 Å². The lowest BCUT2D eigenvalue weighted by Gasteiger charge is -2.19. The van der Waals surface area contributed by atoms with Gasteiger partial charge < -0.3 is 14.2 Å². The number of esters is 1. The Bertz CT molecular complexity index is 851. The summed E-state index contributed by atoms with van der Waals surface area (Å²) < 4.78 is 43.4. The van der Waals surface area contributed by atoms with Gasteiger partial charge in [0.2, 0.25) is 10.0 Å². The molecule has 0 amide bonds. The van der Waals surface area contributed by atoms with E-state index in [0.29, 0.717) is 11.3 Å². The number of hydrogen-bond donors (Lipinski definition) is 1. The lowest BCUT2D eigenvalue weighted by molar-refractivity contribution is -0.141. The number of sulfonamides is 1. The topological polar surface area (TPSA) is 90.9 Å². The van der Waals surface area contributed by atoms with Crippen molar-refractivity contribution in [2.24, 2.45) is 0 Å². The molecule has 0 aromatic heterocycles. The second-order valence-corrected chi connectivity index (χ2v) is 7.06. The van der Waals surface area contributed by atoms with Gasteiger partial charge in [0, 0.05) is 6.07 Å². The van der Waals surface area contributed by atoms with Crippen molar-refractivity contribution >= 4 is 16.0 Å². The number of benzene rings is 2. The van der Waals surface area contributed by atoms with Crippen LogP contribution in [0.5, 0.6) is 11.5 Å². The maximum atomic E-state index is 12.9. The highest BCUT2D eigenvalue weighted by Gasteiger charge is 2.27. The molecule has 0 spiro atoms. The number of carbonyl (C=O) groups excluding carboxylic acids is 1. The molecular formula is C18H21NO6S. The van der Waals surface area contributed by atoms with Crippen molar-refractivity contribution in [3.8, 4) is 11.5 Å². The highest BCUT2D eigenvalue weighted by Crippen LogP contribution is 2.30. The van der Waals surface area contributed by atoms with Gasteiger partial charge in [-0.15, -0.1) is 0 Å². The molecule has 0 saturated carbocycles. The summed E-state index contributed by atoms with van der Waals surface area (Å²) in [7, 11) is 0.0734. The van der Waals surface area contributed by atoms with E-state index in [-0.39, 0.29) is 17.1 Å². The molecule has 0 bridgehead atoms. The largest absolute Gasteiger partial charge is 0.497 e. The Balaban J connectivity index is 2.42. The predicted molar refractivity (Wildman–Crippen MR) is 95.7 cm³/mol. The van der Waals surface area contributed by atoms with E-state index in [9.17, 15) is 13.2 Å². The summed E-state index contributed by atoms with van der Waals surface area (Å²) >= 11 is 0. The second-order valence-electron chi connectivity index (χ2n) is 5.38. The van der Waals surface area contributed by atoms with E-state index in [1.807, 2.05) is 0 Å². The van der Waals surface area contributed by atoms with Gasteiger partial charge >= 0.3 is 5.97 Å². The third kappa shape index (κ3) is 4.74. The molecule has 0 unspecified atom stereocenters. The van der Waals surface area contributed by atoms with Crippen molar-refractivity contribution in [2.45, 2.75) is 17.4 Å². The zero-order valence-electron chi connectivity index (χ0n) is 14.8. The first-order valence-electron chi connectivity index (χ1n) is 7.77. The fourth-order valence-corrected chi connectivity index (χ4v) is 3.82. The third-order valence-electron chi connectivity index (χ3n) is 3.76. The van der Waals surface area contributed by atoms with Gasteiger partial charge in [-0.05, 0) is 17.7 Å². The standard InChI is InChI=1S/C18H21NO6S/c1-23-14-9-10-16(24-2)17(11-14)26(21,22)19-15(12-18(20)25-3)13-7-5-4-6-8-13/h4-11,15,19H,12H2,1-3H3/t15-/m0/s1. The Morgan fingerprint density at radius 1 is 1.04 bits per heavy atom. The predicted octanol–water partition coefficient (Wildman–Crippen LogP) is 2.29. The first-order chi connectivity index (χ1) is 12.4. The fraction of sp³-hybridized carbons (Fsp3) is 0.278. The molecule has 0 aliphatic heterocycles. The van der Waals surface area contributed by atoms with Gasteiger partial charge in [0.05, 0.1) is 33.8 Å². The molecule has 1 atom stereocenters. The van der Waals surface area contributed by atoms with Crippen LogP contribution in [0.4, 0.5) is 0 Å². The fourth-order valence-electron chi connectivity index (χ4n) is 2.41. The molecule has 0 saturated heterocycles. The van der Waals surface area contributed by atoms with Crippen molar-refractivity contribution in [3.63, 3.8) is 0 Å². The minimum absolute atomic E-state index is 0.0786. The van der Waals surface area contributed by atoms with Gasteiger partial charge in [-0.2, -0.15) is 0 Å². The van der Waals surface area contributed by atoms with Crippen LogP contribution in [0.1, 0.15) is 18.0 Å². The lowest BCUT2D eigenvalue weighted by atomic mass is 10.1.